The summed E-state index contributed by atoms with van der Waals surface area (Å²) in [6.07, 6.45) is 4.15. The van der Waals surface area contributed by atoms with Gasteiger partial charge in [0, 0.05) is 18.6 Å². The van der Waals surface area contributed by atoms with Crippen molar-refractivity contribution in [2.75, 3.05) is 19.7 Å². The zero-order valence-electron chi connectivity index (χ0n) is 10.9. The maximum atomic E-state index is 8.94. The van der Waals surface area contributed by atoms with Crippen LogP contribution in [0.4, 0.5) is 0 Å². The van der Waals surface area contributed by atoms with Crippen molar-refractivity contribution < 1.29 is 10.3 Å². The van der Waals surface area contributed by atoms with Crippen molar-refractivity contribution in [1.82, 2.24) is 5.32 Å². The van der Waals surface area contributed by atoms with Gasteiger partial charge in [-0.3, -0.25) is 0 Å². The highest BCUT2D eigenvalue weighted by molar-refractivity contribution is 5.85. The van der Waals surface area contributed by atoms with Gasteiger partial charge >= 0.3 is 0 Å². The lowest BCUT2D eigenvalue weighted by Gasteiger charge is -2.23. The minimum absolute atomic E-state index is 0.274. The zero-order chi connectivity index (χ0) is 12.9. The molecule has 0 spiro atoms. The Balaban J connectivity index is 2.20. The number of aliphatic hydroxyl groups is 1. The van der Waals surface area contributed by atoms with Crippen LogP contribution in [0.25, 0.3) is 0 Å². The minimum Gasteiger partial charge on any atom is -0.409 e. The van der Waals surface area contributed by atoms with Crippen molar-refractivity contribution in [1.29, 1.82) is 0 Å². The summed E-state index contributed by atoms with van der Waals surface area (Å²) in [6, 6.07) is 0. The monoisotopic (exact) mass is 243 g/mol. The van der Waals surface area contributed by atoms with E-state index in [1.165, 1.54) is 12.8 Å². The molecule has 0 radical (unpaired) electrons. The number of hydrogen-bond donors (Lipinski definition) is 4. The molecule has 0 heterocycles. The molecule has 5 nitrogen and oxygen atoms in total. The van der Waals surface area contributed by atoms with Crippen molar-refractivity contribution >= 4 is 5.84 Å². The summed E-state index contributed by atoms with van der Waals surface area (Å²) < 4.78 is 0. The predicted molar refractivity (Wildman–Crippen MR) is 68.0 cm³/mol. The van der Waals surface area contributed by atoms with Gasteiger partial charge in [-0.2, -0.15) is 0 Å². The van der Waals surface area contributed by atoms with Crippen LogP contribution in [0.2, 0.25) is 0 Å². The van der Waals surface area contributed by atoms with Crippen LogP contribution in [0.3, 0.4) is 0 Å². The first-order valence-corrected chi connectivity index (χ1v) is 6.25. The Hall–Kier alpha value is -0.810. The molecule has 5 heteroatoms. The first-order valence-electron chi connectivity index (χ1n) is 6.25. The van der Waals surface area contributed by atoms with Crippen LogP contribution in [0, 0.1) is 10.8 Å². The van der Waals surface area contributed by atoms with Gasteiger partial charge in [0.05, 0.1) is 0 Å². The summed E-state index contributed by atoms with van der Waals surface area (Å²) in [5.74, 6) is 0.274. The molecule has 1 fully saturated rings. The number of nitrogens with two attached hydrogens (primary N) is 1. The van der Waals surface area contributed by atoms with E-state index in [-0.39, 0.29) is 17.9 Å². The number of oxime groups is 1. The molecule has 1 aliphatic carbocycles. The summed E-state index contributed by atoms with van der Waals surface area (Å²) in [5.41, 5.74) is 5.68. The van der Waals surface area contributed by atoms with Crippen molar-refractivity contribution in [3.8, 4) is 0 Å². The fraction of sp³-hybridized carbons (Fsp3) is 0.917. The van der Waals surface area contributed by atoms with Crippen molar-refractivity contribution in [3.05, 3.63) is 0 Å². The van der Waals surface area contributed by atoms with Gasteiger partial charge in [0.25, 0.3) is 0 Å². The molecule has 1 rings (SSSR count). The fourth-order valence-corrected chi connectivity index (χ4v) is 1.95. The van der Waals surface area contributed by atoms with E-state index in [2.05, 4.69) is 10.5 Å². The molecule has 0 saturated heterocycles. The molecule has 0 aromatic heterocycles. The van der Waals surface area contributed by atoms with Crippen molar-refractivity contribution in [2.24, 2.45) is 21.7 Å². The lowest BCUT2D eigenvalue weighted by atomic mass is 9.88. The Morgan fingerprint density at radius 2 is 2.12 bits per heavy atom. The Morgan fingerprint density at radius 3 is 2.59 bits per heavy atom. The van der Waals surface area contributed by atoms with Crippen LogP contribution in [0.15, 0.2) is 5.16 Å². The second-order valence-corrected chi connectivity index (χ2v) is 5.77. The number of hydrogen-bond acceptors (Lipinski definition) is 4. The van der Waals surface area contributed by atoms with Crippen LogP contribution in [-0.4, -0.2) is 35.8 Å². The van der Waals surface area contributed by atoms with Crippen LogP contribution in [0.5, 0.6) is 0 Å². The topological polar surface area (TPSA) is 90.9 Å². The van der Waals surface area contributed by atoms with Crippen LogP contribution in [-0.2, 0) is 0 Å². The third-order valence-corrected chi connectivity index (χ3v) is 3.83. The highest BCUT2D eigenvalue weighted by atomic mass is 16.4. The van der Waals surface area contributed by atoms with E-state index in [4.69, 9.17) is 16.0 Å². The number of aliphatic hydroxyl groups excluding tert-OH is 1. The molecule has 0 bridgehead atoms. The number of nitrogens with one attached hydrogen (secondary N) is 1. The molecule has 100 valence electrons. The summed E-state index contributed by atoms with van der Waals surface area (Å²) in [5, 5.41) is 24.1. The molecule has 0 unspecified atom stereocenters. The molecule has 0 amide bonds. The van der Waals surface area contributed by atoms with E-state index in [1.54, 1.807) is 0 Å². The zero-order valence-corrected chi connectivity index (χ0v) is 10.9. The molecular formula is C12H25N3O2. The smallest absolute Gasteiger partial charge is 0.144 e. The maximum Gasteiger partial charge on any atom is 0.144 e. The van der Waals surface area contributed by atoms with E-state index < -0.39 is 0 Å². The Morgan fingerprint density at radius 1 is 1.47 bits per heavy atom. The molecule has 0 aromatic rings. The minimum atomic E-state index is -0.282. The van der Waals surface area contributed by atoms with E-state index in [1.807, 2.05) is 13.8 Å². The third kappa shape index (κ3) is 4.16. The largest absolute Gasteiger partial charge is 0.409 e. The first kappa shape index (κ1) is 14.3. The molecule has 1 saturated carbocycles. The summed E-state index contributed by atoms with van der Waals surface area (Å²) in [6.45, 7) is 6.00. The highest BCUT2D eigenvalue weighted by Crippen LogP contribution is 2.47. The van der Waals surface area contributed by atoms with Gasteiger partial charge in [0.15, 0.2) is 0 Å². The van der Waals surface area contributed by atoms with Crippen LogP contribution >= 0.6 is 0 Å². The van der Waals surface area contributed by atoms with Gasteiger partial charge < -0.3 is 21.4 Å². The molecule has 5 N–H and O–H groups in total. The normalized spacial score (nSPS) is 19.4. The van der Waals surface area contributed by atoms with Crippen molar-refractivity contribution in [3.63, 3.8) is 0 Å². The van der Waals surface area contributed by atoms with Gasteiger partial charge in [0.2, 0.25) is 0 Å². The van der Waals surface area contributed by atoms with Gasteiger partial charge in [-0.25, -0.2) is 0 Å². The molecule has 17 heavy (non-hydrogen) atoms. The van der Waals surface area contributed by atoms with Gasteiger partial charge in [-0.05, 0) is 37.6 Å². The first-order chi connectivity index (χ1) is 7.96. The number of nitrogens with zero attached hydrogens (tertiary/aromatic N) is 1. The van der Waals surface area contributed by atoms with Gasteiger partial charge in [0.1, 0.15) is 5.84 Å². The van der Waals surface area contributed by atoms with E-state index in [0.29, 0.717) is 5.41 Å². The number of amidine groups is 1. The van der Waals surface area contributed by atoms with Crippen LogP contribution < -0.4 is 11.1 Å². The standard InChI is InChI=1S/C12H25N3O2/c1-11(2,10(13)15-17)5-7-14-9-12(3-4-12)6-8-16/h14,16-17H,3-9H2,1-2H3,(H2,13,15). The molecular weight excluding hydrogens is 218 g/mol. The Bertz CT molecular complexity index is 273. The average Bonchev–Trinajstić information content (AvgIpc) is 3.04. The van der Waals surface area contributed by atoms with Crippen molar-refractivity contribution in [2.45, 2.75) is 39.5 Å². The van der Waals surface area contributed by atoms with E-state index in [9.17, 15) is 0 Å². The Labute approximate surface area is 103 Å². The quantitative estimate of drug-likeness (QED) is 0.168. The second kappa shape index (κ2) is 5.69. The lowest BCUT2D eigenvalue weighted by Crippen LogP contribution is -2.36. The highest BCUT2D eigenvalue weighted by Gasteiger charge is 2.41. The van der Waals surface area contributed by atoms with E-state index in [0.717, 1.165) is 25.9 Å². The fourth-order valence-electron chi connectivity index (χ4n) is 1.95. The molecule has 0 aliphatic heterocycles. The second-order valence-electron chi connectivity index (χ2n) is 5.77. The predicted octanol–water partition coefficient (Wildman–Crippen LogP) is 0.901. The van der Waals surface area contributed by atoms with Crippen LogP contribution in [0.1, 0.15) is 39.5 Å². The van der Waals surface area contributed by atoms with Gasteiger partial charge in [-0.1, -0.05) is 19.0 Å². The van der Waals surface area contributed by atoms with Gasteiger partial charge in [-0.15, -0.1) is 0 Å². The van der Waals surface area contributed by atoms with E-state index >= 15 is 0 Å². The summed E-state index contributed by atoms with van der Waals surface area (Å²) in [4.78, 5) is 0. The Kier molecular flexibility index (Phi) is 4.77. The molecule has 1 aliphatic rings. The average molecular weight is 243 g/mol. The lowest BCUT2D eigenvalue weighted by molar-refractivity contribution is 0.244. The summed E-state index contributed by atoms with van der Waals surface area (Å²) in [7, 11) is 0. The maximum absolute atomic E-state index is 8.94. The summed E-state index contributed by atoms with van der Waals surface area (Å²) >= 11 is 0. The molecule has 0 aromatic carbocycles. The third-order valence-electron chi connectivity index (χ3n) is 3.83. The number of rotatable bonds is 8. The molecule has 0 atom stereocenters. The SMILES string of the molecule is CC(C)(CCNCC1(CCO)CC1)C(N)=NO.